The molecule has 68 valence electrons. The van der Waals surface area contributed by atoms with Gasteiger partial charge in [0, 0.05) is 13.2 Å². The number of aliphatic hydroxyl groups excluding tert-OH is 2. The predicted octanol–water partition coefficient (Wildman–Crippen LogP) is 1.41. The third kappa shape index (κ3) is 4.38. The molecule has 0 heterocycles. The van der Waals surface area contributed by atoms with E-state index < -0.39 is 0 Å². The van der Waals surface area contributed by atoms with E-state index in [1.165, 1.54) is 0 Å². The summed E-state index contributed by atoms with van der Waals surface area (Å²) < 4.78 is 0. The van der Waals surface area contributed by atoms with Crippen LogP contribution in [0.4, 0.5) is 0 Å². The molecule has 0 saturated heterocycles. The van der Waals surface area contributed by atoms with Gasteiger partial charge in [-0.1, -0.05) is 26.7 Å². The van der Waals surface area contributed by atoms with Gasteiger partial charge in [-0.25, -0.2) is 0 Å². The van der Waals surface area contributed by atoms with E-state index in [-0.39, 0.29) is 13.2 Å². The van der Waals surface area contributed by atoms with Crippen LogP contribution in [0.2, 0.25) is 0 Å². The van der Waals surface area contributed by atoms with Crippen molar-refractivity contribution in [1.29, 1.82) is 0 Å². The Kier molecular flexibility index (Phi) is 6.57. The van der Waals surface area contributed by atoms with Gasteiger partial charge in [0.15, 0.2) is 0 Å². The van der Waals surface area contributed by atoms with Gasteiger partial charge in [0.1, 0.15) is 0 Å². The topological polar surface area (TPSA) is 40.5 Å². The maximum absolute atomic E-state index is 8.88. The first kappa shape index (κ1) is 10.9. The average Bonchev–Trinajstić information content (AvgIpc) is 2.07. The van der Waals surface area contributed by atoms with Crippen LogP contribution in [0.5, 0.6) is 0 Å². The summed E-state index contributed by atoms with van der Waals surface area (Å²) in [5.41, 5.74) is 0. The van der Waals surface area contributed by atoms with Crippen LogP contribution in [-0.4, -0.2) is 23.4 Å². The van der Waals surface area contributed by atoms with Crippen molar-refractivity contribution >= 4 is 0 Å². The Bertz CT molecular complexity index is 65.6. The van der Waals surface area contributed by atoms with E-state index in [1.54, 1.807) is 0 Å². The lowest BCUT2D eigenvalue weighted by molar-refractivity contribution is 0.156. The minimum absolute atomic E-state index is 0.257. The van der Waals surface area contributed by atoms with Gasteiger partial charge in [-0.3, -0.25) is 0 Å². The first-order chi connectivity index (χ1) is 5.28. The fraction of sp³-hybridized carbons (Fsp3) is 1.00. The van der Waals surface area contributed by atoms with Gasteiger partial charge in [0.25, 0.3) is 0 Å². The zero-order valence-corrected chi connectivity index (χ0v) is 7.58. The lowest BCUT2D eigenvalue weighted by Gasteiger charge is -2.17. The molecule has 0 aliphatic carbocycles. The molecular formula is C9H20O2. The van der Waals surface area contributed by atoms with Crippen molar-refractivity contribution in [2.45, 2.75) is 33.1 Å². The Morgan fingerprint density at radius 3 is 1.45 bits per heavy atom. The molecule has 0 radical (unpaired) electrons. The molecule has 2 heteroatoms. The van der Waals surface area contributed by atoms with Crippen molar-refractivity contribution in [3.05, 3.63) is 0 Å². The number of rotatable bonds is 6. The van der Waals surface area contributed by atoms with Crippen molar-refractivity contribution in [2.75, 3.05) is 13.2 Å². The van der Waals surface area contributed by atoms with Gasteiger partial charge in [0.05, 0.1) is 0 Å². The summed E-state index contributed by atoms with van der Waals surface area (Å²) in [5, 5.41) is 17.8. The number of hydrogen-bond acceptors (Lipinski definition) is 2. The molecule has 0 aliphatic rings. The first-order valence-electron chi connectivity index (χ1n) is 4.50. The third-order valence-corrected chi connectivity index (χ3v) is 2.34. The molecule has 0 aromatic heterocycles. The smallest absolute Gasteiger partial charge is 0.0459 e. The van der Waals surface area contributed by atoms with Gasteiger partial charge in [-0.05, 0) is 18.3 Å². The summed E-state index contributed by atoms with van der Waals surface area (Å²) in [6.07, 6.45) is 2.97. The van der Waals surface area contributed by atoms with E-state index in [0.29, 0.717) is 11.8 Å². The molecule has 2 nitrogen and oxygen atoms in total. The van der Waals surface area contributed by atoms with E-state index in [1.807, 2.05) is 0 Å². The van der Waals surface area contributed by atoms with E-state index in [2.05, 4.69) is 13.8 Å². The zero-order valence-electron chi connectivity index (χ0n) is 7.58. The molecule has 2 N–H and O–H groups in total. The maximum Gasteiger partial charge on any atom is 0.0459 e. The number of aliphatic hydroxyl groups is 2. The Morgan fingerprint density at radius 1 is 0.909 bits per heavy atom. The second-order valence-electron chi connectivity index (χ2n) is 3.15. The van der Waals surface area contributed by atoms with E-state index in [0.717, 1.165) is 19.3 Å². The second-order valence-corrected chi connectivity index (χ2v) is 3.15. The minimum atomic E-state index is 0.257. The highest BCUT2D eigenvalue weighted by atomic mass is 16.3. The standard InChI is InChI=1S/C9H20O2/c1-3-8(6-10)5-9(4-2)7-11/h8-11H,3-7H2,1-2H3/t8-,9+. The average molecular weight is 160 g/mol. The van der Waals surface area contributed by atoms with Gasteiger partial charge < -0.3 is 10.2 Å². The molecule has 0 saturated carbocycles. The lowest BCUT2D eigenvalue weighted by Crippen LogP contribution is -2.14. The summed E-state index contributed by atoms with van der Waals surface area (Å²) in [5.74, 6) is 0.763. The maximum atomic E-state index is 8.88. The molecule has 0 aromatic rings. The van der Waals surface area contributed by atoms with Gasteiger partial charge in [-0.15, -0.1) is 0 Å². The highest BCUT2D eigenvalue weighted by Crippen LogP contribution is 2.17. The minimum Gasteiger partial charge on any atom is -0.396 e. The molecule has 0 aromatic carbocycles. The van der Waals surface area contributed by atoms with Crippen LogP contribution in [0, 0.1) is 11.8 Å². The molecule has 0 unspecified atom stereocenters. The van der Waals surface area contributed by atoms with Crippen LogP contribution in [0.1, 0.15) is 33.1 Å². The van der Waals surface area contributed by atoms with Crippen molar-refractivity contribution in [3.8, 4) is 0 Å². The van der Waals surface area contributed by atoms with Crippen molar-refractivity contribution in [2.24, 2.45) is 11.8 Å². The van der Waals surface area contributed by atoms with Crippen LogP contribution in [0.25, 0.3) is 0 Å². The summed E-state index contributed by atoms with van der Waals surface area (Å²) in [7, 11) is 0. The Morgan fingerprint density at radius 2 is 1.27 bits per heavy atom. The molecule has 0 rings (SSSR count). The lowest BCUT2D eigenvalue weighted by atomic mass is 9.92. The van der Waals surface area contributed by atoms with Crippen LogP contribution >= 0.6 is 0 Å². The molecular weight excluding hydrogens is 140 g/mol. The quantitative estimate of drug-likeness (QED) is 0.617. The molecule has 2 atom stereocenters. The van der Waals surface area contributed by atoms with Crippen molar-refractivity contribution in [1.82, 2.24) is 0 Å². The molecule has 0 spiro atoms. The third-order valence-electron chi connectivity index (χ3n) is 2.34. The van der Waals surface area contributed by atoms with E-state index >= 15 is 0 Å². The van der Waals surface area contributed by atoms with Gasteiger partial charge in [-0.2, -0.15) is 0 Å². The summed E-state index contributed by atoms with van der Waals surface area (Å²) in [6.45, 7) is 4.66. The normalized spacial score (nSPS) is 16.4. The highest BCUT2D eigenvalue weighted by Gasteiger charge is 2.11. The SMILES string of the molecule is CC[C@H](CO)C[C@@H](CC)CO. The van der Waals surface area contributed by atoms with Crippen LogP contribution in [-0.2, 0) is 0 Å². The predicted molar refractivity (Wildman–Crippen MR) is 46.4 cm³/mol. The fourth-order valence-electron chi connectivity index (χ4n) is 1.21. The fourth-order valence-corrected chi connectivity index (χ4v) is 1.21. The molecule has 11 heavy (non-hydrogen) atoms. The second kappa shape index (κ2) is 6.62. The molecule has 0 fully saturated rings. The first-order valence-corrected chi connectivity index (χ1v) is 4.50. The monoisotopic (exact) mass is 160 g/mol. The Hall–Kier alpha value is -0.0800. The molecule has 0 aliphatic heterocycles. The zero-order chi connectivity index (χ0) is 8.69. The molecule has 0 amide bonds. The summed E-state index contributed by atoms with van der Waals surface area (Å²) in [4.78, 5) is 0. The van der Waals surface area contributed by atoms with Crippen molar-refractivity contribution in [3.63, 3.8) is 0 Å². The van der Waals surface area contributed by atoms with Crippen LogP contribution in [0.15, 0.2) is 0 Å². The Labute approximate surface area is 69.2 Å². The highest BCUT2D eigenvalue weighted by molar-refractivity contribution is 4.62. The van der Waals surface area contributed by atoms with Gasteiger partial charge in [0.2, 0.25) is 0 Å². The van der Waals surface area contributed by atoms with Crippen molar-refractivity contribution < 1.29 is 10.2 Å². The summed E-state index contributed by atoms with van der Waals surface area (Å²) in [6, 6.07) is 0. The Balaban J connectivity index is 3.58. The van der Waals surface area contributed by atoms with Gasteiger partial charge >= 0.3 is 0 Å². The largest absolute Gasteiger partial charge is 0.396 e. The summed E-state index contributed by atoms with van der Waals surface area (Å²) >= 11 is 0. The van der Waals surface area contributed by atoms with E-state index in [4.69, 9.17) is 10.2 Å². The number of hydrogen-bond donors (Lipinski definition) is 2. The van der Waals surface area contributed by atoms with E-state index in [9.17, 15) is 0 Å². The molecule has 0 bridgehead atoms. The van der Waals surface area contributed by atoms with Crippen LogP contribution < -0.4 is 0 Å². The van der Waals surface area contributed by atoms with Crippen LogP contribution in [0.3, 0.4) is 0 Å².